The largest absolute Gasteiger partial charge is 0.496 e. The fourth-order valence-electron chi connectivity index (χ4n) is 2.04. The van der Waals surface area contributed by atoms with Crippen LogP contribution in [0.15, 0.2) is 36.4 Å². The predicted molar refractivity (Wildman–Crippen MR) is 76.3 cm³/mol. The maximum Gasteiger partial charge on any atom is 0.125 e. The van der Waals surface area contributed by atoms with Crippen molar-refractivity contribution in [2.45, 2.75) is 6.92 Å². The van der Waals surface area contributed by atoms with Crippen molar-refractivity contribution >= 4 is 21.6 Å². The normalized spacial score (nSPS) is 10.9. The third kappa shape index (κ3) is 2.19. The van der Waals surface area contributed by atoms with E-state index in [1.54, 1.807) is 24.5 Å². The monoisotopic (exact) mass is 273 g/mol. The summed E-state index contributed by atoms with van der Waals surface area (Å²) in [6.07, 6.45) is 0. The van der Waals surface area contributed by atoms with Crippen LogP contribution in [0.2, 0.25) is 0 Å². The number of rotatable bonds is 2. The van der Waals surface area contributed by atoms with Crippen LogP contribution in [0.5, 0.6) is 5.75 Å². The first kappa shape index (κ1) is 12.1. The molecule has 1 heterocycles. The van der Waals surface area contributed by atoms with E-state index in [9.17, 15) is 4.39 Å². The SMILES string of the molecule is COc1ccc(-c2nc3cc(F)ccc3s2)cc1C. The summed E-state index contributed by atoms with van der Waals surface area (Å²) in [7, 11) is 1.66. The number of ether oxygens (including phenoxy) is 1. The molecule has 0 unspecified atom stereocenters. The first-order valence-corrected chi connectivity index (χ1v) is 6.70. The number of aromatic nitrogens is 1. The molecule has 0 amide bonds. The van der Waals surface area contributed by atoms with Crippen LogP contribution in [-0.2, 0) is 0 Å². The zero-order valence-electron chi connectivity index (χ0n) is 10.6. The lowest BCUT2D eigenvalue weighted by atomic mass is 10.1. The lowest BCUT2D eigenvalue weighted by molar-refractivity contribution is 0.412. The highest BCUT2D eigenvalue weighted by atomic mass is 32.1. The van der Waals surface area contributed by atoms with Crippen molar-refractivity contribution in [3.05, 3.63) is 47.8 Å². The molecule has 0 spiro atoms. The molecule has 0 aliphatic carbocycles. The van der Waals surface area contributed by atoms with Crippen LogP contribution in [-0.4, -0.2) is 12.1 Å². The molecule has 0 N–H and O–H groups in total. The van der Waals surface area contributed by atoms with E-state index < -0.39 is 0 Å². The minimum Gasteiger partial charge on any atom is -0.496 e. The maximum atomic E-state index is 13.2. The van der Waals surface area contributed by atoms with E-state index in [2.05, 4.69) is 4.98 Å². The van der Waals surface area contributed by atoms with Gasteiger partial charge in [-0.15, -0.1) is 11.3 Å². The molecule has 0 fully saturated rings. The average Bonchev–Trinajstić information content (AvgIpc) is 2.81. The molecule has 0 atom stereocenters. The van der Waals surface area contributed by atoms with Gasteiger partial charge in [0.25, 0.3) is 0 Å². The van der Waals surface area contributed by atoms with E-state index in [-0.39, 0.29) is 5.82 Å². The summed E-state index contributed by atoms with van der Waals surface area (Å²) in [6.45, 7) is 2.00. The van der Waals surface area contributed by atoms with Gasteiger partial charge in [-0.05, 0) is 42.8 Å². The molecule has 0 aliphatic heterocycles. The van der Waals surface area contributed by atoms with Crippen molar-refractivity contribution in [2.24, 2.45) is 0 Å². The van der Waals surface area contributed by atoms with Gasteiger partial charge in [-0.1, -0.05) is 0 Å². The van der Waals surface area contributed by atoms with Gasteiger partial charge in [0.1, 0.15) is 16.6 Å². The predicted octanol–water partition coefficient (Wildman–Crippen LogP) is 4.42. The number of hydrogen-bond acceptors (Lipinski definition) is 3. The van der Waals surface area contributed by atoms with Crippen molar-refractivity contribution in [3.63, 3.8) is 0 Å². The second kappa shape index (κ2) is 4.63. The van der Waals surface area contributed by atoms with Crippen LogP contribution < -0.4 is 4.74 Å². The molecule has 0 bridgehead atoms. The number of benzene rings is 2. The Morgan fingerprint density at radius 2 is 2.00 bits per heavy atom. The minimum atomic E-state index is -0.254. The summed E-state index contributed by atoms with van der Waals surface area (Å²) < 4.78 is 19.4. The lowest BCUT2D eigenvalue weighted by Gasteiger charge is -2.05. The van der Waals surface area contributed by atoms with Gasteiger partial charge in [0.15, 0.2) is 0 Å². The number of nitrogens with zero attached hydrogens (tertiary/aromatic N) is 1. The molecular formula is C15H12FNOS. The maximum absolute atomic E-state index is 13.2. The van der Waals surface area contributed by atoms with Crippen molar-refractivity contribution in [1.82, 2.24) is 4.98 Å². The van der Waals surface area contributed by atoms with Gasteiger partial charge in [-0.25, -0.2) is 9.37 Å². The standard InChI is InChI=1S/C15H12FNOS/c1-9-7-10(3-5-13(9)18-2)15-17-12-8-11(16)4-6-14(12)19-15/h3-8H,1-2H3. The summed E-state index contributed by atoms with van der Waals surface area (Å²) in [5, 5.41) is 0.895. The highest BCUT2D eigenvalue weighted by molar-refractivity contribution is 7.21. The number of fused-ring (bicyclic) bond motifs is 1. The molecule has 0 radical (unpaired) electrons. The van der Waals surface area contributed by atoms with E-state index in [0.717, 1.165) is 26.6 Å². The third-order valence-electron chi connectivity index (χ3n) is 2.99. The molecule has 0 aliphatic rings. The van der Waals surface area contributed by atoms with Gasteiger partial charge >= 0.3 is 0 Å². The Balaban J connectivity index is 2.11. The quantitative estimate of drug-likeness (QED) is 0.689. The molecular weight excluding hydrogens is 261 g/mol. The van der Waals surface area contributed by atoms with Crippen LogP contribution in [0.1, 0.15) is 5.56 Å². The fraction of sp³-hybridized carbons (Fsp3) is 0.133. The Labute approximate surface area is 114 Å². The van der Waals surface area contributed by atoms with Gasteiger partial charge in [-0.2, -0.15) is 0 Å². The Kier molecular flexibility index (Phi) is 2.95. The molecule has 19 heavy (non-hydrogen) atoms. The lowest BCUT2D eigenvalue weighted by Crippen LogP contribution is -1.87. The van der Waals surface area contributed by atoms with E-state index in [4.69, 9.17) is 4.74 Å². The first-order valence-electron chi connectivity index (χ1n) is 5.88. The molecule has 0 saturated heterocycles. The van der Waals surface area contributed by atoms with Crippen LogP contribution in [0, 0.1) is 12.7 Å². The molecule has 3 rings (SSSR count). The number of hydrogen-bond donors (Lipinski definition) is 0. The van der Waals surface area contributed by atoms with Crippen LogP contribution in [0.25, 0.3) is 20.8 Å². The van der Waals surface area contributed by atoms with E-state index >= 15 is 0 Å². The average molecular weight is 273 g/mol. The van der Waals surface area contributed by atoms with Crippen LogP contribution >= 0.6 is 11.3 Å². The van der Waals surface area contributed by atoms with E-state index in [0.29, 0.717) is 5.52 Å². The summed E-state index contributed by atoms with van der Waals surface area (Å²) in [5.41, 5.74) is 2.79. The van der Waals surface area contributed by atoms with Crippen molar-refractivity contribution in [2.75, 3.05) is 7.11 Å². The van der Waals surface area contributed by atoms with Gasteiger partial charge < -0.3 is 4.74 Å². The zero-order chi connectivity index (χ0) is 13.4. The summed E-state index contributed by atoms with van der Waals surface area (Å²) in [6, 6.07) is 10.6. The summed E-state index contributed by atoms with van der Waals surface area (Å²) in [5.74, 6) is 0.603. The second-order valence-corrected chi connectivity index (χ2v) is 5.35. The fourth-order valence-corrected chi connectivity index (χ4v) is 2.98. The van der Waals surface area contributed by atoms with Crippen molar-refractivity contribution in [1.29, 1.82) is 0 Å². The number of aryl methyl sites for hydroxylation is 1. The van der Waals surface area contributed by atoms with Crippen LogP contribution in [0.4, 0.5) is 4.39 Å². The molecule has 2 aromatic carbocycles. The third-order valence-corrected chi connectivity index (χ3v) is 4.08. The molecule has 4 heteroatoms. The first-order chi connectivity index (χ1) is 9.17. The highest BCUT2D eigenvalue weighted by Gasteiger charge is 2.08. The zero-order valence-corrected chi connectivity index (χ0v) is 11.4. The Bertz CT molecular complexity index is 751. The molecule has 96 valence electrons. The molecule has 1 aromatic heterocycles. The van der Waals surface area contributed by atoms with E-state index in [1.807, 2.05) is 25.1 Å². The Morgan fingerprint density at radius 3 is 2.74 bits per heavy atom. The van der Waals surface area contributed by atoms with Gasteiger partial charge in [-0.3, -0.25) is 0 Å². The topological polar surface area (TPSA) is 22.1 Å². The van der Waals surface area contributed by atoms with Crippen LogP contribution in [0.3, 0.4) is 0 Å². The molecule has 2 nitrogen and oxygen atoms in total. The smallest absolute Gasteiger partial charge is 0.125 e. The van der Waals surface area contributed by atoms with Crippen molar-refractivity contribution < 1.29 is 9.13 Å². The minimum absolute atomic E-state index is 0.254. The molecule has 0 saturated carbocycles. The van der Waals surface area contributed by atoms with Gasteiger partial charge in [0.05, 0.1) is 17.3 Å². The van der Waals surface area contributed by atoms with Gasteiger partial charge in [0.2, 0.25) is 0 Å². The summed E-state index contributed by atoms with van der Waals surface area (Å²) in [4.78, 5) is 4.48. The van der Waals surface area contributed by atoms with E-state index in [1.165, 1.54) is 12.1 Å². The number of methoxy groups -OCH3 is 1. The molecule has 3 aromatic rings. The van der Waals surface area contributed by atoms with Crippen molar-refractivity contribution in [3.8, 4) is 16.3 Å². The summed E-state index contributed by atoms with van der Waals surface area (Å²) >= 11 is 1.56. The highest BCUT2D eigenvalue weighted by Crippen LogP contribution is 2.32. The Morgan fingerprint density at radius 1 is 1.16 bits per heavy atom. The number of thiazole rings is 1. The number of halogens is 1. The Hall–Kier alpha value is -1.94. The second-order valence-electron chi connectivity index (χ2n) is 4.32. The van der Waals surface area contributed by atoms with Gasteiger partial charge in [0, 0.05) is 11.6 Å².